The molecule has 1 aliphatic carbocycles. The van der Waals surface area contributed by atoms with Crippen LogP contribution in [0.1, 0.15) is 45.1 Å². The average Bonchev–Trinajstić information content (AvgIpc) is 2.37. The third-order valence-corrected chi connectivity index (χ3v) is 5.75. The van der Waals surface area contributed by atoms with E-state index in [1.165, 1.54) is 0 Å². The number of hydrogen-bond acceptors (Lipinski definition) is 3. The van der Waals surface area contributed by atoms with Crippen LogP contribution in [-0.2, 0) is 10.0 Å². The van der Waals surface area contributed by atoms with Crippen molar-refractivity contribution in [2.75, 3.05) is 0 Å². The first kappa shape index (κ1) is 16.4. The zero-order valence-electron chi connectivity index (χ0n) is 12.4. The number of rotatable bonds is 4. The highest BCUT2D eigenvalue weighted by Gasteiger charge is 2.30. The minimum Gasteiger partial charge on any atom is -0.389 e. The summed E-state index contributed by atoms with van der Waals surface area (Å²) < 4.78 is 27.7. The number of sulfonamides is 1. The molecule has 0 bridgehead atoms. The van der Waals surface area contributed by atoms with E-state index in [4.69, 9.17) is 18.0 Å². The Morgan fingerprint density at radius 2 is 1.95 bits per heavy atom. The molecule has 1 aliphatic rings. The van der Waals surface area contributed by atoms with Crippen LogP contribution in [0.5, 0.6) is 0 Å². The maximum Gasteiger partial charge on any atom is 0.240 e. The van der Waals surface area contributed by atoms with Crippen LogP contribution in [0.4, 0.5) is 0 Å². The van der Waals surface area contributed by atoms with Crippen molar-refractivity contribution in [2.24, 2.45) is 11.1 Å². The van der Waals surface area contributed by atoms with Gasteiger partial charge in [-0.25, -0.2) is 13.1 Å². The number of thiocarbonyl (C=S) groups is 1. The van der Waals surface area contributed by atoms with Crippen LogP contribution < -0.4 is 10.5 Å². The largest absolute Gasteiger partial charge is 0.389 e. The fourth-order valence-electron chi connectivity index (χ4n) is 2.88. The lowest BCUT2D eigenvalue weighted by atomic mass is 9.75. The molecule has 1 atom stereocenters. The average molecular weight is 326 g/mol. The van der Waals surface area contributed by atoms with Gasteiger partial charge in [-0.05, 0) is 36.8 Å². The summed E-state index contributed by atoms with van der Waals surface area (Å²) in [6, 6.07) is 6.38. The Hall–Kier alpha value is -0.980. The SMILES string of the molecule is CC1(C)CCCC(NS(=O)(=O)c2ccc(C(N)=S)cc2)C1. The number of nitrogens with two attached hydrogens (primary N) is 1. The van der Waals surface area contributed by atoms with E-state index < -0.39 is 10.0 Å². The second-order valence-corrected chi connectivity index (χ2v) is 8.62. The lowest BCUT2D eigenvalue weighted by molar-refractivity contribution is 0.212. The van der Waals surface area contributed by atoms with Crippen molar-refractivity contribution in [3.8, 4) is 0 Å². The second-order valence-electron chi connectivity index (χ2n) is 6.47. The lowest BCUT2D eigenvalue weighted by Crippen LogP contribution is -2.40. The molecule has 1 fully saturated rings. The summed E-state index contributed by atoms with van der Waals surface area (Å²) in [6.07, 6.45) is 3.97. The second kappa shape index (κ2) is 6.02. The fourth-order valence-corrected chi connectivity index (χ4v) is 4.29. The first-order chi connectivity index (χ1) is 9.70. The van der Waals surface area contributed by atoms with Gasteiger partial charge in [0.05, 0.1) is 4.90 Å². The minimum atomic E-state index is -3.49. The van der Waals surface area contributed by atoms with Crippen molar-refractivity contribution in [2.45, 2.75) is 50.5 Å². The third-order valence-electron chi connectivity index (χ3n) is 3.98. The standard InChI is InChI=1S/C15H22N2O2S2/c1-15(2)9-3-4-12(10-15)17-21(18,19)13-7-5-11(6-8-13)14(16)20/h5-8,12,17H,3-4,9-10H2,1-2H3,(H2,16,20). The molecule has 0 radical (unpaired) electrons. The van der Waals surface area contributed by atoms with E-state index in [2.05, 4.69) is 18.6 Å². The Labute approximate surface area is 132 Å². The van der Waals surface area contributed by atoms with Crippen molar-refractivity contribution >= 4 is 27.2 Å². The zero-order chi connectivity index (χ0) is 15.7. The Morgan fingerprint density at radius 1 is 1.33 bits per heavy atom. The van der Waals surface area contributed by atoms with Crippen LogP contribution in [0.3, 0.4) is 0 Å². The predicted molar refractivity (Wildman–Crippen MR) is 88.7 cm³/mol. The Morgan fingerprint density at radius 3 is 2.48 bits per heavy atom. The Balaban J connectivity index is 2.13. The lowest BCUT2D eigenvalue weighted by Gasteiger charge is -2.35. The molecule has 1 unspecified atom stereocenters. The molecule has 1 aromatic rings. The molecule has 1 saturated carbocycles. The van der Waals surface area contributed by atoms with Crippen molar-refractivity contribution in [3.63, 3.8) is 0 Å². The predicted octanol–water partition coefficient (Wildman–Crippen LogP) is 2.57. The quantitative estimate of drug-likeness (QED) is 0.834. The van der Waals surface area contributed by atoms with Crippen molar-refractivity contribution in [1.29, 1.82) is 0 Å². The summed E-state index contributed by atoms with van der Waals surface area (Å²) in [5.74, 6) is 0. The van der Waals surface area contributed by atoms with Gasteiger partial charge in [-0.3, -0.25) is 0 Å². The van der Waals surface area contributed by atoms with Gasteiger partial charge in [-0.15, -0.1) is 0 Å². The maximum absolute atomic E-state index is 12.4. The molecular weight excluding hydrogens is 304 g/mol. The first-order valence-corrected chi connectivity index (χ1v) is 9.01. The van der Waals surface area contributed by atoms with E-state index in [-0.39, 0.29) is 21.3 Å². The summed E-state index contributed by atoms with van der Waals surface area (Å²) in [4.78, 5) is 0.520. The summed E-state index contributed by atoms with van der Waals surface area (Å²) >= 11 is 4.87. The maximum atomic E-state index is 12.4. The molecule has 3 N–H and O–H groups in total. The molecule has 1 aromatic carbocycles. The number of hydrogen-bond donors (Lipinski definition) is 2. The number of nitrogens with one attached hydrogen (secondary N) is 1. The molecule has 116 valence electrons. The van der Waals surface area contributed by atoms with Crippen molar-refractivity contribution in [1.82, 2.24) is 4.72 Å². The van der Waals surface area contributed by atoms with Crippen LogP contribution in [0.2, 0.25) is 0 Å². The van der Waals surface area contributed by atoms with Gasteiger partial charge in [0.1, 0.15) is 4.99 Å². The normalized spacial score (nSPS) is 21.9. The highest BCUT2D eigenvalue weighted by Crippen LogP contribution is 2.35. The zero-order valence-corrected chi connectivity index (χ0v) is 14.1. The van der Waals surface area contributed by atoms with Gasteiger partial charge in [0.25, 0.3) is 0 Å². The van der Waals surface area contributed by atoms with Gasteiger partial charge in [-0.2, -0.15) is 0 Å². The topological polar surface area (TPSA) is 72.2 Å². The van der Waals surface area contributed by atoms with Crippen LogP contribution in [-0.4, -0.2) is 19.4 Å². The van der Waals surface area contributed by atoms with E-state index in [1.54, 1.807) is 24.3 Å². The van der Waals surface area contributed by atoms with Gasteiger partial charge in [0, 0.05) is 11.6 Å². The van der Waals surface area contributed by atoms with Crippen molar-refractivity contribution in [3.05, 3.63) is 29.8 Å². The van der Waals surface area contributed by atoms with Gasteiger partial charge < -0.3 is 5.73 Å². The fraction of sp³-hybridized carbons (Fsp3) is 0.533. The molecule has 0 heterocycles. The van der Waals surface area contributed by atoms with Crippen LogP contribution in [0, 0.1) is 5.41 Å². The van der Waals surface area contributed by atoms with Gasteiger partial charge in [0.2, 0.25) is 10.0 Å². The molecule has 0 aromatic heterocycles. The smallest absolute Gasteiger partial charge is 0.240 e. The summed E-state index contributed by atoms with van der Waals surface area (Å²) in [5, 5.41) is 0. The molecule has 0 spiro atoms. The Kier molecular flexibility index (Phi) is 4.70. The van der Waals surface area contributed by atoms with E-state index in [0.29, 0.717) is 5.56 Å². The van der Waals surface area contributed by atoms with Crippen LogP contribution >= 0.6 is 12.2 Å². The van der Waals surface area contributed by atoms with E-state index in [9.17, 15) is 8.42 Å². The van der Waals surface area contributed by atoms with Crippen LogP contribution in [0.15, 0.2) is 29.2 Å². The highest BCUT2D eigenvalue weighted by molar-refractivity contribution is 7.89. The van der Waals surface area contributed by atoms with E-state index in [1.807, 2.05) is 0 Å². The molecule has 4 nitrogen and oxygen atoms in total. The summed E-state index contributed by atoms with van der Waals surface area (Å²) in [7, 11) is -3.49. The van der Waals surface area contributed by atoms with Crippen LogP contribution in [0.25, 0.3) is 0 Å². The van der Waals surface area contributed by atoms with Gasteiger partial charge >= 0.3 is 0 Å². The Bertz CT molecular complexity index is 622. The molecule has 6 heteroatoms. The molecular formula is C15H22N2O2S2. The molecule has 0 amide bonds. The highest BCUT2D eigenvalue weighted by atomic mass is 32.2. The van der Waals surface area contributed by atoms with E-state index in [0.717, 1.165) is 25.7 Å². The minimum absolute atomic E-state index is 0.00834. The summed E-state index contributed by atoms with van der Waals surface area (Å²) in [5.41, 5.74) is 6.38. The summed E-state index contributed by atoms with van der Waals surface area (Å²) in [6.45, 7) is 4.37. The van der Waals surface area contributed by atoms with Gasteiger partial charge in [-0.1, -0.05) is 44.6 Å². The number of benzene rings is 1. The molecule has 0 saturated heterocycles. The van der Waals surface area contributed by atoms with Gasteiger partial charge in [0.15, 0.2) is 0 Å². The molecule has 2 rings (SSSR count). The monoisotopic (exact) mass is 326 g/mol. The molecule has 0 aliphatic heterocycles. The van der Waals surface area contributed by atoms with E-state index >= 15 is 0 Å². The third kappa shape index (κ3) is 4.25. The molecule has 21 heavy (non-hydrogen) atoms. The van der Waals surface area contributed by atoms with Crippen molar-refractivity contribution < 1.29 is 8.42 Å². The first-order valence-electron chi connectivity index (χ1n) is 7.12.